The van der Waals surface area contributed by atoms with Gasteiger partial charge in [0.15, 0.2) is 4.77 Å². The van der Waals surface area contributed by atoms with Crippen molar-refractivity contribution in [2.24, 2.45) is 0 Å². The van der Waals surface area contributed by atoms with E-state index < -0.39 is 0 Å². The fraction of sp³-hybridized carbons (Fsp3) is 0.0667. The lowest BCUT2D eigenvalue weighted by molar-refractivity contribution is 0.103. The van der Waals surface area contributed by atoms with Crippen molar-refractivity contribution in [2.45, 2.75) is 6.92 Å². The van der Waals surface area contributed by atoms with Crippen LogP contribution in [-0.2, 0) is 0 Å². The molecule has 2 heterocycles. The molecule has 0 radical (unpaired) electrons. The first-order valence-electron chi connectivity index (χ1n) is 6.63. The number of carbonyl (C=O) groups is 1. The van der Waals surface area contributed by atoms with Gasteiger partial charge in [-0.15, -0.1) is 11.3 Å². The summed E-state index contributed by atoms with van der Waals surface area (Å²) >= 11 is 6.44. The van der Waals surface area contributed by atoms with E-state index in [4.69, 9.17) is 17.5 Å². The molecular formula is C15H11N5OS2. The molecule has 0 unspecified atom stereocenters. The number of aryl methyl sites for hydroxylation is 1. The number of amides is 1. The summed E-state index contributed by atoms with van der Waals surface area (Å²) in [7, 11) is 0. The molecule has 0 spiro atoms. The van der Waals surface area contributed by atoms with Crippen LogP contribution in [0, 0.1) is 23.0 Å². The molecule has 0 aliphatic heterocycles. The Morgan fingerprint density at radius 2 is 2.30 bits per heavy atom. The van der Waals surface area contributed by atoms with Crippen molar-refractivity contribution in [3.63, 3.8) is 0 Å². The Morgan fingerprint density at radius 1 is 1.48 bits per heavy atom. The van der Waals surface area contributed by atoms with Crippen molar-refractivity contribution < 1.29 is 4.79 Å². The van der Waals surface area contributed by atoms with Crippen molar-refractivity contribution in [3.8, 4) is 11.8 Å². The Hall–Kier alpha value is -2.76. The van der Waals surface area contributed by atoms with E-state index in [1.165, 1.54) is 11.3 Å². The molecule has 3 rings (SSSR count). The lowest BCUT2D eigenvalue weighted by Crippen LogP contribution is -2.11. The molecule has 0 bridgehead atoms. The van der Waals surface area contributed by atoms with E-state index in [0.717, 1.165) is 11.5 Å². The van der Waals surface area contributed by atoms with Gasteiger partial charge in [0.25, 0.3) is 5.91 Å². The topological polar surface area (TPSA) is 86.5 Å². The van der Waals surface area contributed by atoms with Crippen molar-refractivity contribution in [2.75, 3.05) is 5.32 Å². The van der Waals surface area contributed by atoms with Gasteiger partial charge in [0.2, 0.25) is 0 Å². The first-order valence-corrected chi connectivity index (χ1v) is 7.92. The number of H-pyrrole nitrogens is 1. The largest absolute Gasteiger partial charge is 0.321 e. The maximum absolute atomic E-state index is 12.3. The minimum atomic E-state index is -0.304. The number of benzene rings is 1. The number of aromatic amines is 1. The highest BCUT2D eigenvalue weighted by molar-refractivity contribution is 7.71. The zero-order valence-electron chi connectivity index (χ0n) is 12.0. The highest BCUT2D eigenvalue weighted by Gasteiger charge is 2.13. The van der Waals surface area contributed by atoms with Crippen LogP contribution in [0.1, 0.15) is 21.1 Å². The number of anilines is 1. The molecule has 114 valence electrons. The summed E-state index contributed by atoms with van der Waals surface area (Å²) in [6.45, 7) is 1.84. The highest BCUT2D eigenvalue weighted by Crippen LogP contribution is 2.20. The van der Waals surface area contributed by atoms with E-state index in [1.807, 2.05) is 25.1 Å². The molecule has 0 atom stereocenters. The summed E-state index contributed by atoms with van der Waals surface area (Å²) in [6, 6.07) is 10.9. The molecule has 23 heavy (non-hydrogen) atoms. The lowest BCUT2D eigenvalue weighted by Gasteiger charge is -2.08. The van der Waals surface area contributed by atoms with Crippen LogP contribution in [0.3, 0.4) is 0 Å². The summed E-state index contributed by atoms with van der Waals surface area (Å²) in [5.74, 6) is 0.421. The minimum Gasteiger partial charge on any atom is -0.321 e. The second-order valence-electron chi connectivity index (χ2n) is 4.69. The molecule has 8 heteroatoms. The van der Waals surface area contributed by atoms with E-state index >= 15 is 0 Å². The highest BCUT2D eigenvalue weighted by atomic mass is 32.1. The minimum absolute atomic E-state index is 0.304. The molecule has 1 amide bonds. The number of nitrogens with one attached hydrogen (secondary N) is 2. The van der Waals surface area contributed by atoms with Crippen LogP contribution in [0.5, 0.6) is 0 Å². The first-order chi connectivity index (χ1) is 11.1. The fourth-order valence-electron chi connectivity index (χ4n) is 2.16. The molecule has 0 fully saturated rings. The average Bonchev–Trinajstić information content (AvgIpc) is 3.14. The van der Waals surface area contributed by atoms with Crippen LogP contribution in [0.15, 0.2) is 35.7 Å². The number of nitrogens with zero attached hydrogens (tertiary/aromatic N) is 3. The smallest absolute Gasteiger partial charge is 0.267 e. The van der Waals surface area contributed by atoms with Gasteiger partial charge < -0.3 is 5.32 Å². The average molecular weight is 341 g/mol. The predicted octanol–water partition coefficient (Wildman–Crippen LogP) is 3.42. The van der Waals surface area contributed by atoms with E-state index in [9.17, 15) is 4.79 Å². The first kappa shape index (κ1) is 15.1. The van der Waals surface area contributed by atoms with Gasteiger partial charge in [0.1, 0.15) is 16.8 Å². The quantitative estimate of drug-likeness (QED) is 0.715. The van der Waals surface area contributed by atoms with Gasteiger partial charge in [0, 0.05) is 5.69 Å². The summed E-state index contributed by atoms with van der Waals surface area (Å²) < 4.78 is 2.26. The van der Waals surface area contributed by atoms with Gasteiger partial charge in [-0.3, -0.25) is 14.5 Å². The molecule has 0 saturated carbocycles. The van der Waals surface area contributed by atoms with Crippen molar-refractivity contribution in [1.82, 2.24) is 14.8 Å². The SMILES string of the molecule is Cc1n[nH]c(=S)n1-c1cccc(NC(=O)c2sccc2C#N)c1. The van der Waals surface area contributed by atoms with Crippen molar-refractivity contribution in [1.29, 1.82) is 5.26 Å². The van der Waals surface area contributed by atoms with E-state index in [0.29, 0.717) is 20.9 Å². The van der Waals surface area contributed by atoms with Gasteiger partial charge in [-0.05, 0) is 48.8 Å². The van der Waals surface area contributed by atoms with Gasteiger partial charge >= 0.3 is 0 Å². The van der Waals surface area contributed by atoms with Gasteiger partial charge in [-0.2, -0.15) is 10.4 Å². The third kappa shape index (κ3) is 2.92. The third-order valence-corrected chi connectivity index (χ3v) is 4.38. The van der Waals surface area contributed by atoms with Crippen molar-refractivity contribution in [3.05, 3.63) is 56.7 Å². The summed E-state index contributed by atoms with van der Waals surface area (Å²) in [5, 5.41) is 20.3. The van der Waals surface area contributed by atoms with Gasteiger partial charge in [0.05, 0.1) is 11.3 Å². The summed E-state index contributed by atoms with van der Waals surface area (Å²) in [6.07, 6.45) is 0. The number of aromatic nitrogens is 3. The summed E-state index contributed by atoms with van der Waals surface area (Å²) in [4.78, 5) is 12.7. The maximum atomic E-state index is 12.3. The third-order valence-electron chi connectivity index (χ3n) is 3.19. The number of thiophene rings is 1. The lowest BCUT2D eigenvalue weighted by atomic mass is 10.2. The molecule has 1 aromatic carbocycles. The zero-order chi connectivity index (χ0) is 16.4. The Bertz CT molecular complexity index is 976. The number of rotatable bonds is 3. The van der Waals surface area contributed by atoms with Crippen LogP contribution in [0.25, 0.3) is 5.69 Å². The monoisotopic (exact) mass is 341 g/mol. The molecular weight excluding hydrogens is 330 g/mol. The normalized spacial score (nSPS) is 10.3. The Morgan fingerprint density at radius 3 is 3.00 bits per heavy atom. The van der Waals surface area contributed by atoms with E-state index in [2.05, 4.69) is 15.5 Å². The van der Waals surface area contributed by atoms with Gasteiger partial charge in [-0.1, -0.05) is 6.07 Å². The second kappa shape index (κ2) is 6.16. The Labute approximate surface area is 141 Å². The molecule has 2 N–H and O–H groups in total. The van der Waals surface area contributed by atoms with Gasteiger partial charge in [-0.25, -0.2) is 0 Å². The number of nitriles is 1. The van der Waals surface area contributed by atoms with Crippen LogP contribution in [-0.4, -0.2) is 20.7 Å². The Kier molecular flexibility index (Phi) is 4.06. The summed E-state index contributed by atoms with van der Waals surface area (Å²) in [5.41, 5.74) is 1.79. The van der Waals surface area contributed by atoms with Crippen LogP contribution in [0.2, 0.25) is 0 Å². The van der Waals surface area contributed by atoms with E-state index in [1.54, 1.807) is 28.1 Å². The fourth-order valence-corrected chi connectivity index (χ4v) is 3.19. The number of carbonyl (C=O) groups excluding carboxylic acids is 1. The van der Waals surface area contributed by atoms with E-state index in [-0.39, 0.29) is 5.91 Å². The second-order valence-corrected chi connectivity index (χ2v) is 5.99. The maximum Gasteiger partial charge on any atom is 0.267 e. The predicted molar refractivity (Wildman–Crippen MR) is 90.5 cm³/mol. The van der Waals surface area contributed by atoms with Crippen LogP contribution >= 0.6 is 23.6 Å². The molecule has 0 saturated heterocycles. The zero-order valence-corrected chi connectivity index (χ0v) is 13.7. The number of hydrogen-bond acceptors (Lipinski definition) is 5. The Balaban J connectivity index is 1.91. The van der Waals surface area contributed by atoms with Crippen LogP contribution in [0.4, 0.5) is 5.69 Å². The molecule has 0 aliphatic carbocycles. The standard InChI is InChI=1S/C15H11N5OS2/c1-9-18-19-15(22)20(9)12-4-2-3-11(7-12)17-14(21)13-10(8-16)5-6-23-13/h2-7H,1H3,(H,17,21)(H,19,22). The molecule has 6 nitrogen and oxygen atoms in total. The molecule has 2 aromatic heterocycles. The van der Waals surface area contributed by atoms with Crippen molar-refractivity contribution >= 4 is 35.1 Å². The molecule has 0 aliphatic rings. The molecule has 3 aromatic rings. The van der Waals surface area contributed by atoms with Crippen LogP contribution < -0.4 is 5.32 Å². The number of hydrogen-bond donors (Lipinski definition) is 2.